The van der Waals surface area contributed by atoms with Crippen molar-refractivity contribution in [2.45, 2.75) is 11.8 Å². The van der Waals surface area contributed by atoms with Crippen LogP contribution in [-0.4, -0.2) is 30.7 Å². The Kier molecular flexibility index (Phi) is 3.67. The maximum Gasteiger partial charge on any atom is 0.234 e. The van der Waals surface area contributed by atoms with Crippen molar-refractivity contribution in [2.75, 3.05) is 29.5 Å². The van der Waals surface area contributed by atoms with Crippen LogP contribution in [0.5, 0.6) is 0 Å². The zero-order chi connectivity index (χ0) is 14.1. The summed E-state index contributed by atoms with van der Waals surface area (Å²) in [5, 5.41) is 8.99. The van der Waals surface area contributed by atoms with Gasteiger partial charge in [0.15, 0.2) is 0 Å². The lowest BCUT2D eigenvalue weighted by Gasteiger charge is -2.18. The van der Waals surface area contributed by atoms with Gasteiger partial charge in [0.05, 0.1) is 17.4 Å². The van der Waals surface area contributed by atoms with E-state index in [2.05, 4.69) is 22.9 Å². The second-order valence-electron chi connectivity index (χ2n) is 5.28. The number of nitrogens with one attached hydrogen (secondary N) is 3. The number of hydrogen-bond acceptors (Lipinski definition) is 4. The molecule has 3 N–H and O–H groups in total. The van der Waals surface area contributed by atoms with Crippen molar-refractivity contribution in [1.29, 1.82) is 0 Å². The molecular formula is C14H17N3O2S. The number of amides is 2. The molecule has 1 fully saturated rings. The lowest BCUT2D eigenvalue weighted by atomic mass is 9.97. The Balaban J connectivity index is 1.73. The first-order chi connectivity index (χ1) is 9.63. The van der Waals surface area contributed by atoms with Crippen LogP contribution < -0.4 is 16.0 Å². The summed E-state index contributed by atoms with van der Waals surface area (Å²) in [6, 6.07) is 5.64. The summed E-state index contributed by atoms with van der Waals surface area (Å²) in [6.45, 7) is 3.69. The van der Waals surface area contributed by atoms with Gasteiger partial charge in [0.2, 0.25) is 11.8 Å². The number of fused-ring (bicyclic) bond motifs is 1. The van der Waals surface area contributed by atoms with E-state index in [1.165, 1.54) is 11.8 Å². The molecular weight excluding hydrogens is 274 g/mol. The van der Waals surface area contributed by atoms with E-state index in [9.17, 15) is 9.59 Å². The lowest BCUT2D eigenvalue weighted by molar-refractivity contribution is -0.120. The molecule has 1 aromatic carbocycles. The second-order valence-corrected chi connectivity index (χ2v) is 6.30. The fraction of sp³-hybridized carbons (Fsp3) is 0.429. The number of carbonyl (C=O) groups excluding carboxylic acids is 2. The van der Waals surface area contributed by atoms with Gasteiger partial charge in [-0.1, -0.05) is 6.92 Å². The van der Waals surface area contributed by atoms with E-state index in [1.54, 1.807) is 0 Å². The van der Waals surface area contributed by atoms with Gasteiger partial charge in [0.25, 0.3) is 0 Å². The Bertz CT molecular complexity index is 561. The minimum Gasteiger partial charge on any atom is -0.326 e. The molecule has 0 spiro atoms. The Labute approximate surface area is 121 Å². The maximum absolute atomic E-state index is 12.2. The van der Waals surface area contributed by atoms with Crippen LogP contribution >= 0.6 is 11.8 Å². The van der Waals surface area contributed by atoms with Crippen molar-refractivity contribution >= 4 is 35.0 Å². The number of anilines is 2. The van der Waals surface area contributed by atoms with Crippen molar-refractivity contribution in [3.8, 4) is 0 Å². The van der Waals surface area contributed by atoms with E-state index in [0.717, 1.165) is 29.4 Å². The van der Waals surface area contributed by atoms with Crippen LogP contribution in [0, 0.1) is 11.8 Å². The fourth-order valence-electron chi connectivity index (χ4n) is 2.56. The quantitative estimate of drug-likeness (QED) is 0.773. The first-order valence-electron chi connectivity index (χ1n) is 6.72. The van der Waals surface area contributed by atoms with Crippen LogP contribution in [0.2, 0.25) is 0 Å². The van der Waals surface area contributed by atoms with Crippen molar-refractivity contribution in [3.05, 3.63) is 18.2 Å². The summed E-state index contributed by atoms with van der Waals surface area (Å²) in [7, 11) is 0. The molecule has 0 saturated carbocycles. The summed E-state index contributed by atoms with van der Waals surface area (Å²) in [5.41, 5.74) is 1.51. The molecule has 2 unspecified atom stereocenters. The number of hydrogen-bond donors (Lipinski definition) is 3. The van der Waals surface area contributed by atoms with Gasteiger partial charge in [-0.3, -0.25) is 9.59 Å². The van der Waals surface area contributed by atoms with E-state index in [-0.39, 0.29) is 17.7 Å². The van der Waals surface area contributed by atoms with Gasteiger partial charge in [0, 0.05) is 17.1 Å². The third-order valence-electron chi connectivity index (χ3n) is 3.73. The summed E-state index contributed by atoms with van der Waals surface area (Å²) >= 11 is 1.52. The van der Waals surface area contributed by atoms with Crippen LogP contribution in [0.4, 0.5) is 11.4 Å². The topological polar surface area (TPSA) is 70.2 Å². The fourth-order valence-corrected chi connectivity index (χ4v) is 3.35. The van der Waals surface area contributed by atoms with Crippen molar-refractivity contribution in [2.24, 2.45) is 11.8 Å². The molecule has 3 rings (SSSR count). The molecule has 2 aliphatic rings. The number of rotatable bonds is 2. The largest absolute Gasteiger partial charge is 0.326 e. The van der Waals surface area contributed by atoms with E-state index >= 15 is 0 Å². The highest BCUT2D eigenvalue weighted by molar-refractivity contribution is 8.00. The lowest BCUT2D eigenvalue weighted by Crippen LogP contribution is -2.28. The average molecular weight is 291 g/mol. The average Bonchev–Trinajstić information content (AvgIpc) is 2.84. The molecule has 0 aromatic heterocycles. The van der Waals surface area contributed by atoms with Crippen molar-refractivity contribution in [1.82, 2.24) is 5.32 Å². The molecule has 1 saturated heterocycles. The molecule has 2 amide bonds. The molecule has 2 heterocycles. The Hall–Kier alpha value is -1.53. The molecule has 106 valence electrons. The van der Waals surface area contributed by atoms with E-state index in [1.807, 2.05) is 18.2 Å². The van der Waals surface area contributed by atoms with Gasteiger partial charge in [-0.05, 0) is 30.7 Å². The number of carbonyl (C=O) groups is 2. The smallest absolute Gasteiger partial charge is 0.234 e. The molecule has 20 heavy (non-hydrogen) atoms. The summed E-state index contributed by atoms with van der Waals surface area (Å²) in [4.78, 5) is 24.6. The molecule has 6 heteroatoms. The van der Waals surface area contributed by atoms with Crippen LogP contribution in [0.3, 0.4) is 0 Å². The number of thioether (sulfide) groups is 1. The van der Waals surface area contributed by atoms with Gasteiger partial charge in [-0.25, -0.2) is 0 Å². The van der Waals surface area contributed by atoms with E-state index < -0.39 is 0 Å². The zero-order valence-corrected chi connectivity index (χ0v) is 12.0. The summed E-state index contributed by atoms with van der Waals surface area (Å²) < 4.78 is 0. The third-order valence-corrected chi connectivity index (χ3v) is 4.81. The number of benzene rings is 1. The molecule has 0 radical (unpaired) electrons. The van der Waals surface area contributed by atoms with Gasteiger partial charge in [0.1, 0.15) is 0 Å². The molecule has 1 aromatic rings. The SMILES string of the molecule is CC1CNCC1C(=O)Nc1ccc2c(c1)NC(=O)CS2. The molecule has 0 aliphatic carbocycles. The normalized spacial score (nSPS) is 24.9. The van der Waals surface area contributed by atoms with E-state index in [4.69, 9.17) is 0 Å². The standard InChI is InChI=1S/C14H17N3O2S/c1-8-5-15-6-10(8)14(19)16-9-2-3-12-11(4-9)17-13(18)7-20-12/h2-4,8,10,15H,5-7H2,1H3,(H,16,19)(H,17,18). The minimum atomic E-state index is -0.000378. The molecule has 5 nitrogen and oxygen atoms in total. The Morgan fingerprint density at radius 1 is 1.40 bits per heavy atom. The van der Waals surface area contributed by atoms with Crippen LogP contribution in [0.15, 0.2) is 23.1 Å². The van der Waals surface area contributed by atoms with Crippen molar-refractivity contribution < 1.29 is 9.59 Å². The Morgan fingerprint density at radius 3 is 3.00 bits per heavy atom. The Morgan fingerprint density at radius 2 is 2.25 bits per heavy atom. The minimum absolute atomic E-state index is 0.000378. The highest BCUT2D eigenvalue weighted by atomic mass is 32.2. The van der Waals surface area contributed by atoms with Gasteiger partial charge in [-0.15, -0.1) is 11.8 Å². The van der Waals surface area contributed by atoms with Gasteiger partial charge in [-0.2, -0.15) is 0 Å². The van der Waals surface area contributed by atoms with E-state index in [0.29, 0.717) is 11.7 Å². The second kappa shape index (κ2) is 5.46. The van der Waals surface area contributed by atoms with Crippen molar-refractivity contribution in [3.63, 3.8) is 0 Å². The van der Waals surface area contributed by atoms with Crippen LogP contribution in [0.1, 0.15) is 6.92 Å². The first-order valence-corrected chi connectivity index (χ1v) is 7.70. The predicted molar refractivity (Wildman–Crippen MR) is 79.9 cm³/mol. The summed E-state index contributed by atoms with van der Waals surface area (Å²) in [5.74, 6) is 0.846. The first kappa shape index (κ1) is 13.5. The third kappa shape index (κ3) is 2.66. The highest BCUT2D eigenvalue weighted by Gasteiger charge is 2.29. The monoisotopic (exact) mass is 291 g/mol. The zero-order valence-electron chi connectivity index (χ0n) is 11.2. The molecule has 0 bridgehead atoms. The van der Waals surface area contributed by atoms with Crippen LogP contribution in [-0.2, 0) is 9.59 Å². The highest BCUT2D eigenvalue weighted by Crippen LogP contribution is 2.33. The molecule has 2 atom stereocenters. The molecule has 2 aliphatic heterocycles. The maximum atomic E-state index is 12.2. The van der Waals surface area contributed by atoms with Crippen LogP contribution in [0.25, 0.3) is 0 Å². The van der Waals surface area contributed by atoms with Gasteiger partial charge >= 0.3 is 0 Å². The summed E-state index contributed by atoms with van der Waals surface area (Å²) in [6.07, 6.45) is 0. The van der Waals surface area contributed by atoms with Gasteiger partial charge < -0.3 is 16.0 Å². The predicted octanol–water partition coefficient (Wildman–Crippen LogP) is 1.52.